The molecular weight excluding hydrogens is 330 g/mol. The third-order valence-electron chi connectivity index (χ3n) is 5.76. The molecule has 1 saturated heterocycles. The summed E-state index contributed by atoms with van der Waals surface area (Å²) in [6, 6.07) is 1.75. The van der Waals surface area contributed by atoms with Crippen molar-refractivity contribution >= 4 is 5.82 Å². The first kappa shape index (κ1) is 15.8. The van der Waals surface area contributed by atoms with Crippen molar-refractivity contribution in [3.63, 3.8) is 0 Å². The van der Waals surface area contributed by atoms with Crippen molar-refractivity contribution in [1.29, 1.82) is 0 Å². The van der Waals surface area contributed by atoms with E-state index in [0.29, 0.717) is 24.2 Å². The number of aromatic nitrogens is 4. The molecule has 7 heteroatoms. The van der Waals surface area contributed by atoms with Gasteiger partial charge in [-0.25, -0.2) is 9.67 Å². The van der Waals surface area contributed by atoms with Crippen LogP contribution in [0.2, 0.25) is 0 Å². The van der Waals surface area contributed by atoms with Gasteiger partial charge in [-0.2, -0.15) is 5.10 Å². The third-order valence-corrected chi connectivity index (χ3v) is 5.76. The Morgan fingerprint density at radius 3 is 2.73 bits per heavy atom. The first-order chi connectivity index (χ1) is 12.7. The van der Waals surface area contributed by atoms with Crippen LogP contribution in [0.25, 0.3) is 0 Å². The Kier molecular flexibility index (Phi) is 3.69. The van der Waals surface area contributed by atoms with Crippen LogP contribution in [0, 0.1) is 11.8 Å². The zero-order valence-electron chi connectivity index (χ0n) is 14.8. The molecule has 2 aromatic rings. The Hall–Kier alpha value is -2.44. The number of anilines is 1. The van der Waals surface area contributed by atoms with Gasteiger partial charge >= 0.3 is 0 Å². The van der Waals surface area contributed by atoms with Crippen LogP contribution >= 0.6 is 0 Å². The minimum absolute atomic E-state index is 0.00525. The third kappa shape index (κ3) is 2.85. The fourth-order valence-electron chi connectivity index (χ4n) is 4.05. The van der Waals surface area contributed by atoms with Crippen LogP contribution in [0.1, 0.15) is 30.5 Å². The average molecular weight is 353 g/mol. The van der Waals surface area contributed by atoms with E-state index in [-0.39, 0.29) is 11.1 Å². The highest BCUT2D eigenvalue weighted by Crippen LogP contribution is 2.30. The standard InChI is InChI=1S/C19H23N5O2/c25-17-8-15-2-1-3-16(15)21-24(17)12-14-10-23(11-14)18-19(26)22(7-6-20-18)9-13-4-5-13/h6-8,13-14H,1-5,9-12H2. The van der Waals surface area contributed by atoms with Gasteiger partial charge in [0.1, 0.15) is 0 Å². The molecule has 2 aliphatic carbocycles. The van der Waals surface area contributed by atoms with Gasteiger partial charge in [0.15, 0.2) is 5.82 Å². The first-order valence-electron chi connectivity index (χ1n) is 9.57. The van der Waals surface area contributed by atoms with Crippen LogP contribution in [-0.4, -0.2) is 32.4 Å². The molecule has 0 unspecified atom stereocenters. The molecule has 1 saturated carbocycles. The van der Waals surface area contributed by atoms with Crippen LogP contribution in [0.4, 0.5) is 5.82 Å². The molecule has 0 amide bonds. The molecule has 0 bridgehead atoms. The maximum Gasteiger partial charge on any atom is 0.293 e. The van der Waals surface area contributed by atoms with Crippen LogP contribution in [0.15, 0.2) is 28.0 Å². The second-order valence-corrected chi connectivity index (χ2v) is 7.91. The monoisotopic (exact) mass is 353 g/mol. The molecular formula is C19H23N5O2. The molecule has 3 heterocycles. The lowest BCUT2D eigenvalue weighted by Gasteiger charge is -2.39. The van der Waals surface area contributed by atoms with Gasteiger partial charge in [-0.05, 0) is 43.6 Å². The number of rotatable bonds is 5. The van der Waals surface area contributed by atoms with E-state index in [9.17, 15) is 9.59 Å². The minimum Gasteiger partial charge on any atom is -0.351 e. The molecule has 5 rings (SSSR count). The number of nitrogens with zero attached hydrogens (tertiary/aromatic N) is 5. The van der Waals surface area contributed by atoms with E-state index in [1.54, 1.807) is 27.7 Å². The molecule has 0 atom stereocenters. The summed E-state index contributed by atoms with van der Waals surface area (Å²) in [6.45, 7) is 2.92. The van der Waals surface area contributed by atoms with Gasteiger partial charge in [-0.3, -0.25) is 9.59 Å². The van der Waals surface area contributed by atoms with Gasteiger partial charge in [0.2, 0.25) is 0 Å². The summed E-state index contributed by atoms with van der Waals surface area (Å²) in [4.78, 5) is 31.2. The van der Waals surface area contributed by atoms with Gasteiger partial charge in [0.25, 0.3) is 11.1 Å². The van der Waals surface area contributed by atoms with Crippen molar-refractivity contribution < 1.29 is 0 Å². The topological polar surface area (TPSA) is 73.0 Å². The second kappa shape index (κ2) is 6.07. The Bertz CT molecular complexity index is 953. The summed E-state index contributed by atoms with van der Waals surface area (Å²) < 4.78 is 3.40. The van der Waals surface area contributed by atoms with Gasteiger partial charge < -0.3 is 9.47 Å². The SMILES string of the molecule is O=c1c(N2CC(Cn3nc4c(cc3=O)CCC4)C2)nccn1CC1CC1. The van der Waals surface area contributed by atoms with Crippen molar-refractivity contribution in [1.82, 2.24) is 19.3 Å². The van der Waals surface area contributed by atoms with Crippen LogP contribution in [-0.2, 0) is 25.9 Å². The molecule has 0 N–H and O–H groups in total. The summed E-state index contributed by atoms with van der Waals surface area (Å²) in [5.74, 6) is 1.53. The lowest BCUT2D eigenvalue weighted by atomic mass is 10.0. The van der Waals surface area contributed by atoms with E-state index in [1.165, 1.54) is 12.8 Å². The van der Waals surface area contributed by atoms with Gasteiger partial charge in [-0.15, -0.1) is 0 Å². The van der Waals surface area contributed by atoms with Crippen molar-refractivity contribution in [2.45, 2.75) is 45.2 Å². The van der Waals surface area contributed by atoms with Crippen LogP contribution in [0.3, 0.4) is 0 Å². The van der Waals surface area contributed by atoms with E-state index < -0.39 is 0 Å². The fourth-order valence-corrected chi connectivity index (χ4v) is 4.05. The normalized spacial score (nSPS) is 19.5. The molecule has 7 nitrogen and oxygen atoms in total. The number of hydrogen-bond donors (Lipinski definition) is 0. The number of hydrogen-bond acceptors (Lipinski definition) is 5. The van der Waals surface area contributed by atoms with Crippen molar-refractivity contribution in [2.24, 2.45) is 11.8 Å². The van der Waals surface area contributed by atoms with Gasteiger partial charge in [-0.1, -0.05) is 0 Å². The summed E-state index contributed by atoms with van der Waals surface area (Å²) in [7, 11) is 0. The number of fused-ring (bicyclic) bond motifs is 1. The maximum atomic E-state index is 12.6. The molecule has 3 aliphatic rings. The molecule has 136 valence electrons. The summed E-state index contributed by atoms with van der Waals surface area (Å²) in [6.07, 6.45) is 8.99. The van der Waals surface area contributed by atoms with E-state index in [2.05, 4.69) is 10.1 Å². The average Bonchev–Trinajstić information content (AvgIpc) is 3.29. The van der Waals surface area contributed by atoms with Crippen LogP contribution in [0.5, 0.6) is 0 Å². The Labute approximate surface area is 151 Å². The zero-order valence-corrected chi connectivity index (χ0v) is 14.8. The largest absolute Gasteiger partial charge is 0.351 e. The minimum atomic E-state index is -0.00581. The van der Waals surface area contributed by atoms with E-state index in [4.69, 9.17) is 0 Å². The molecule has 26 heavy (non-hydrogen) atoms. The second-order valence-electron chi connectivity index (χ2n) is 7.91. The quantitative estimate of drug-likeness (QED) is 0.796. The molecule has 2 aromatic heterocycles. The maximum absolute atomic E-state index is 12.6. The van der Waals surface area contributed by atoms with Crippen molar-refractivity contribution in [3.8, 4) is 0 Å². The smallest absolute Gasteiger partial charge is 0.293 e. The van der Waals surface area contributed by atoms with Gasteiger partial charge in [0.05, 0.1) is 12.2 Å². The summed E-state index contributed by atoms with van der Waals surface area (Å²) >= 11 is 0. The predicted molar refractivity (Wildman–Crippen MR) is 97.4 cm³/mol. The Balaban J connectivity index is 1.27. The molecule has 2 fully saturated rings. The highest BCUT2D eigenvalue weighted by molar-refractivity contribution is 5.39. The summed E-state index contributed by atoms with van der Waals surface area (Å²) in [5.41, 5.74) is 2.19. The van der Waals surface area contributed by atoms with Crippen molar-refractivity contribution in [2.75, 3.05) is 18.0 Å². The molecule has 0 radical (unpaired) electrons. The Morgan fingerprint density at radius 1 is 1.08 bits per heavy atom. The van der Waals surface area contributed by atoms with Crippen molar-refractivity contribution in [3.05, 3.63) is 50.4 Å². The van der Waals surface area contributed by atoms with E-state index >= 15 is 0 Å². The highest BCUT2D eigenvalue weighted by atomic mass is 16.1. The first-order valence-corrected chi connectivity index (χ1v) is 9.57. The fraction of sp³-hybridized carbons (Fsp3) is 0.579. The molecule has 1 aliphatic heterocycles. The predicted octanol–water partition coefficient (Wildman–Crippen LogP) is 0.835. The van der Waals surface area contributed by atoms with E-state index in [0.717, 1.165) is 50.2 Å². The number of aryl methyl sites for hydroxylation is 2. The Morgan fingerprint density at radius 2 is 1.92 bits per heavy atom. The lowest BCUT2D eigenvalue weighted by molar-refractivity contribution is 0.330. The van der Waals surface area contributed by atoms with Crippen LogP contribution < -0.4 is 16.0 Å². The molecule has 0 spiro atoms. The van der Waals surface area contributed by atoms with E-state index in [1.807, 2.05) is 4.90 Å². The zero-order chi connectivity index (χ0) is 17.7. The summed E-state index contributed by atoms with van der Waals surface area (Å²) in [5, 5.41) is 4.55. The lowest BCUT2D eigenvalue weighted by Crippen LogP contribution is -2.52. The highest BCUT2D eigenvalue weighted by Gasteiger charge is 2.31. The molecule has 0 aromatic carbocycles. The van der Waals surface area contributed by atoms with Gasteiger partial charge in [0, 0.05) is 44.0 Å².